The second kappa shape index (κ2) is 13.6. The van der Waals surface area contributed by atoms with E-state index in [1.165, 1.54) is 24.8 Å². The lowest BCUT2D eigenvalue weighted by Crippen LogP contribution is -2.44. The zero-order valence-corrected chi connectivity index (χ0v) is 22.1. The largest absolute Gasteiger partial charge is 0.481 e. The molecule has 0 amide bonds. The van der Waals surface area contributed by atoms with Gasteiger partial charge in [-0.15, -0.1) is 0 Å². The number of Topliss-reactive ketones (excluding diaryl/α,β-unsaturated/α-hetero) is 1. The maximum atomic E-state index is 12.5. The number of allylic oxidation sites excluding steroid dienone is 2. The molecule has 1 rings (SSSR count). The first kappa shape index (κ1) is 28.1. The van der Waals surface area contributed by atoms with Crippen LogP contribution in [-0.2, 0) is 14.0 Å². The molecule has 31 heavy (non-hydrogen) atoms. The molecule has 1 N–H and O–H groups in total. The Balaban J connectivity index is 2.57. The molecule has 0 saturated carbocycles. The summed E-state index contributed by atoms with van der Waals surface area (Å²) < 4.78 is 6.79. The number of unbranched alkanes of at least 4 members (excludes halogenated alkanes) is 5. The quantitative estimate of drug-likeness (QED) is 0.148. The minimum atomic E-state index is -1.81. The first-order chi connectivity index (χ1) is 14.5. The zero-order chi connectivity index (χ0) is 23.5. The highest BCUT2D eigenvalue weighted by Crippen LogP contribution is 2.39. The normalized spacial score (nSPS) is 18.3. The molecule has 0 aliphatic heterocycles. The Bertz CT molecular complexity index is 589. The molecule has 0 heterocycles. The van der Waals surface area contributed by atoms with Crippen molar-refractivity contribution >= 4 is 20.1 Å². The number of hydrogen-bond acceptors (Lipinski definition) is 3. The molecule has 4 nitrogen and oxygen atoms in total. The van der Waals surface area contributed by atoms with Gasteiger partial charge in [0, 0.05) is 24.9 Å². The molecule has 0 radical (unpaired) electrons. The van der Waals surface area contributed by atoms with Crippen LogP contribution >= 0.6 is 0 Å². The Labute approximate surface area is 192 Å². The highest BCUT2D eigenvalue weighted by Gasteiger charge is 2.39. The fourth-order valence-corrected chi connectivity index (χ4v) is 5.55. The van der Waals surface area contributed by atoms with Crippen LogP contribution in [0.15, 0.2) is 11.6 Å². The van der Waals surface area contributed by atoms with E-state index in [1.54, 1.807) is 0 Å². The predicted octanol–water partition coefficient (Wildman–Crippen LogP) is 7.68. The Kier molecular flexibility index (Phi) is 12.3. The number of hydrogen-bond donors (Lipinski definition) is 1. The van der Waals surface area contributed by atoms with Crippen molar-refractivity contribution in [1.82, 2.24) is 0 Å². The van der Waals surface area contributed by atoms with Crippen LogP contribution in [0.25, 0.3) is 0 Å². The summed E-state index contributed by atoms with van der Waals surface area (Å²) in [7, 11) is -1.81. The third-order valence-electron chi connectivity index (χ3n) is 7.19. The lowest BCUT2D eigenvalue weighted by atomic mass is 9.90. The highest BCUT2D eigenvalue weighted by molar-refractivity contribution is 6.74. The van der Waals surface area contributed by atoms with E-state index in [1.807, 2.05) is 0 Å². The van der Waals surface area contributed by atoms with Crippen LogP contribution in [0.3, 0.4) is 0 Å². The average Bonchev–Trinajstić information content (AvgIpc) is 3.01. The number of ketones is 1. The van der Waals surface area contributed by atoms with Gasteiger partial charge in [0.15, 0.2) is 8.32 Å². The van der Waals surface area contributed by atoms with Crippen LogP contribution in [0.2, 0.25) is 18.1 Å². The first-order valence-corrected chi connectivity index (χ1v) is 15.5. The van der Waals surface area contributed by atoms with Crippen LogP contribution in [0, 0.1) is 5.92 Å². The van der Waals surface area contributed by atoms with Crippen LogP contribution in [-0.4, -0.2) is 31.3 Å². The van der Waals surface area contributed by atoms with Gasteiger partial charge in [0.1, 0.15) is 5.78 Å². The van der Waals surface area contributed by atoms with E-state index < -0.39 is 14.3 Å². The summed E-state index contributed by atoms with van der Waals surface area (Å²) in [6, 6.07) is 0. The smallest absolute Gasteiger partial charge is 0.303 e. The molecular formula is C26H48O4Si. The van der Waals surface area contributed by atoms with Gasteiger partial charge in [0.05, 0.1) is 0 Å². The average molecular weight is 453 g/mol. The number of rotatable bonds is 16. The van der Waals surface area contributed by atoms with Crippen LogP contribution in [0.4, 0.5) is 0 Å². The van der Waals surface area contributed by atoms with Crippen molar-refractivity contribution in [2.24, 2.45) is 5.92 Å². The van der Waals surface area contributed by atoms with E-state index in [-0.39, 0.29) is 17.4 Å². The van der Waals surface area contributed by atoms with Gasteiger partial charge in [-0.3, -0.25) is 9.59 Å². The molecule has 0 aromatic heterocycles. The van der Waals surface area contributed by atoms with Gasteiger partial charge >= 0.3 is 5.97 Å². The molecule has 1 aliphatic carbocycles. The summed E-state index contributed by atoms with van der Waals surface area (Å²) in [5.74, 6) is -0.262. The highest BCUT2D eigenvalue weighted by atomic mass is 28.4. The monoisotopic (exact) mass is 452 g/mol. The van der Waals surface area contributed by atoms with Crippen molar-refractivity contribution in [3.63, 3.8) is 0 Å². The molecule has 0 bridgehead atoms. The Morgan fingerprint density at radius 3 is 2.42 bits per heavy atom. The summed E-state index contributed by atoms with van der Waals surface area (Å²) in [5, 5.41) is 8.95. The Morgan fingerprint density at radius 2 is 1.81 bits per heavy atom. The van der Waals surface area contributed by atoms with E-state index in [9.17, 15) is 9.59 Å². The SMILES string of the molecule is CCCCC[C@@H](CCC1=CCC(=O)[C@@H]1CCCCCCC(=O)O)O[Si](C)(C)C(C)(C)C. The Morgan fingerprint density at radius 1 is 1.13 bits per heavy atom. The summed E-state index contributed by atoms with van der Waals surface area (Å²) in [6.45, 7) is 13.8. The first-order valence-electron chi connectivity index (χ1n) is 12.6. The summed E-state index contributed by atoms with van der Waals surface area (Å²) in [4.78, 5) is 23.1. The topological polar surface area (TPSA) is 63.6 Å². The van der Waals surface area contributed by atoms with Gasteiger partial charge in [-0.25, -0.2) is 0 Å². The van der Waals surface area contributed by atoms with Crippen molar-refractivity contribution in [3.8, 4) is 0 Å². The molecule has 0 fully saturated rings. The minimum absolute atomic E-state index is 0.0867. The number of aliphatic carboxylic acids is 1. The molecule has 2 atom stereocenters. The van der Waals surface area contributed by atoms with Crippen molar-refractivity contribution in [1.29, 1.82) is 0 Å². The summed E-state index contributed by atoms with van der Waals surface area (Å²) in [6.07, 6.45) is 14.7. The molecule has 0 saturated heterocycles. The number of carboxylic acids is 1. The predicted molar refractivity (Wildman–Crippen MR) is 132 cm³/mol. The molecule has 0 aromatic rings. The van der Waals surface area contributed by atoms with Gasteiger partial charge in [0.25, 0.3) is 0 Å². The van der Waals surface area contributed by atoms with E-state index in [2.05, 4.69) is 46.9 Å². The minimum Gasteiger partial charge on any atom is -0.481 e. The maximum absolute atomic E-state index is 12.5. The van der Waals surface area contributed by atoms with Gasteiger partial charge in [-0.05, 0) is 50.2 Å². The molecule has 5 heteroatoms. The molecule has 1 aliphatic rings. The van der Waals surface area contributed by atoms with Gasteiger partial charge in [0.2, 0.25) is 0 Å². The number of carbonyl (C=O) groups excluding carboxylic acids is 1. The number of carboxylic acid groups (broad SMARTS) is 1. The third kappa shape index (κ3) is 10.5. The van der Waals surface area contributed by atoms with Crippen LogP contribution < -0.4 is 0 Å². The van der Waals surface area contributed by atoms with Crippen molar-refractivity contribution in [2.45, 2.75) is 135 Å². The summed E-state index contributed by atoms with van der Waals surface area (Å²) >= 11 is 0. The fraction of sp³-hybridized carbons (Fsp3) is 0.846. The van der Waals surface area contributed by atoms with E-state index in [0.29, 0.717) is 18.3 Å². The van der Waals surface area contributed by atoms with Crippen molar-refractivity contribution < 1.29 is 19.1 Å². The van der Waals surface area contributed by atoms with E-state index in [4.69, 9.17) is 9.53 Å². The lowest BCUT2D eigenvalue weighted by Gasteiger charge is -2.39. The third-order valence-corrected chi connectivity index (χ3v) is 11.7. The van der Waals surface area contributed by atoms with Crippen LogP contribution in [0.5, 0.6) is 0 Å². The lowest BCUT2D eigenvalue weighted by molar-refractivity contribution is -0.137. The second-order valence-electron chi connectivity index (χ2n) is 10.9. The van der Waals surface area contributed by atoms with Gasteiger partial charge < -0.3 is 9.53 Å². The van der Waals surface area contributed by atoms with Crippen LogP contribution in [0.1, 0.15) is 111 Å². The molecular weight excluding hydrogens is 404 g/mol. The molecule has 180 valence electrons. The molecule has 0 spiro atoms. The second-order valence-corrected chi connectivity index (χ2v) is 15.6. The zero-order valence-electron chi connectivity index (χ0n) is 21.1. The number of carbonyl (C=O) groups is 2. The fourth-order valence-electron chi connectivity index (χ4n) is 4.13. The van der Waals surface area contributed by atoms with Crippen molar-refractivity contribution in [2.75, 3.05) is 0 Å². The van der Waals surface area contributed by atoms with E-state index in [0.717, 1.165) is 51.4 Å². The summed E-state index contributed by atoms with van der Waals surface area (Å²) in [5.41, 5.74) is 1.33. The maximum Gasteiger partial charge on any atom is 0.303 e. The van der Waals surface area contributed by atoms with Crippen molar-refractivity contribution in [3.05, 3.63) is 11.6 Å². The molecule has 0 unspecified atom stereocenters. The standard InChI is InChI=1S/C26H48O4Si/c1-7-8-11-14-22(30-31(5,6)26(2,3)4)19-17-21-18-20-24(27)23(21)15-12-9-10-13-16-25(28)29/h18,22-23H,7-17,19-20H2,1-6H3,(H,28,29)/t22-,23+/m0/s1. The Hall–Kier alpha value is -0.943. The van der Waals surface area contributed by atoms with Gasteiger partial charge in [-0.1, -0.05) is 77.9 Å². The molecule has 0 aromatic carbocycles. The van der Waals surface area contributed by atoms with E-state index >= 15 is 0 Å². The van der Waals surface area contributed by atoms with Gasteiger partial charge in [-0.2, -0.15) is 0 Å².